The smallest absolute Gasteiger partial charge is 0.291 e. The zero-order valence-electron chi connectivity index (χ0n) is 19.0. The number of nitrogens with zero attached hydrogens (tertiary/aromatic N) is 1. The standard InChI is InChI=1S/C29H20FNO5/c30-20-11-12-24-23(15-20)27(32)25-26(31(29(33)28(25)36-24)16-22-10-5-13-34-22)19-8-4-9-21(14-19)35-17-18-6-2-1-3-7-18/h1-15,26H,16-17H2. The Kier molecular flexibility index (Phi) is 5.37. The second-order valence-electron chi connectivity index (χ2n) is 8.58. The van der Waals surface area contributed by atoms with E-state index < -0.39 is 23.2 Å². The Morgan fingerprint density at radius 3 is 2.58 bits per heavy atom. The summed E-state index contributed by atoms with van der Waals surface area (Å²) in [7, 11) is 0. The van der Waals surface area contributed by atoms with Gasteiger partial charge in [0.25, 0.3) is 5.91 Å². The fourth-order valence-electron chi connectivity index (χ4n) is 4.59. The molecule has 5 aromatic rings. The Morgan fingerprint density at radius 2 is 1.78 bits per heavy atom. The maximum atomic E-state index is 14.0. The van der Waals surface area contributed by atoms with Crippen molar-refractivity contribution in [3.8, 4) is 5.75 Å². The zero-order valence-corrected chi connectivity index (χ0v) is 19.0. The molecular formula is C29H20FNO5. The molecule has 0 saturated heterocycles. The summed E-state index contributed by atoms with van der Waals surface area (Å²) in [5, 5.41) is 0.0860. The van der Waals surface area contributed by atoms with Crippen LogP contribution in [0.1, 0.15) is 39.0 Å². The van der Waals surface area contributed by atoms with Crippen molar-refractivity contribution in [2.24, 2.45) is 0 Å². The van der Waals surface area contributed by atoms with Gasteiger partial charge < -0.3 is 18.5 Å². The highest BCUT2D eigenvalue weighted by atomic mass is 19.1. The molecule has 36 heavy (non-hydrogen) atoms. The van der Waals surface area contributed by atoms with Gasteiger partial charge in [0, 0.05) is 0 Å². The van der Waals surface area contributed by atoms with E-state index in [2.05, 4.69) is 0 Å². The van der Waals surface area contributed by atoms with Gasteiger partial charge in [0.05, 0.1) is 29.8 Å². The van der Waals surface area contributed by atoms with Crippen molar-refractivity contribution in [2.75, 3.05) is 0 Å². The molecule has 0 spiro atoms. The molecule has 3 aromatic carbocycles. The normalized spacial score (nSPS) is 14.9. The van der Waals surface area contributed by atoms with E-state index in [4.69, 9.17) is 13.6 Å². The number of amides is 1. The lowest BCUT2D eigenvalue weighted by Gasteiger charge is -2.24. The van der Waals surface area contributed by atoms with Crippen LogP contribution < -0.4 is 10.2 Å². The van der Waals surface area contributed by atoms with Crippen LogP contribution in [-0.4, -0.2) is 10.8 Å². The Morgan fingerprint density at radius 1 is 0.917 bits per heavy atom. The fourth-order valence-corrected chi connectivity index (χ4v) is 4.59. The highest BCUT2D eigenvalue weighted by molar-refractivity contribution is 5.99. The van der Waals surface area contributed by atoms with E-state index in [-0.39, 0.29) is 28.8 Å². The third-order valence-electron chi connectivity index (χ3n) is 6.26. The molecule has 178 valence electrons. The van der Waals surface area contributed by atoms with Crippen molar-refractivity contribution in [3.05, 3.63) is 135 Å². The number of carbonyl (C=O) groups excluding carboxylic acids is 1. The quantitative estimate of drug-likeness (QED) is 0.304. The topological polar surface area (TPSA) is 72.9 Å². The summed E-state index contributed by atoms with van der Waals surface area (Å²) >= 11 is 0. The van der Waals surface area contributed by atoms with Gasteiger partial charge in [-0.1, -0.05) is 42.5 Å². The number of furan rings is 1. The van der Waals surface area contributed by atoms with E-state index >= 15 is 0 Å². The van der Waals surface area contributed by atoms with Gasteiger partial charge in [0.2, 0.25) is 5.76 Å². The number of hydrogen-bond donors (Lipinski definition) is 0. The molecule has 0 aliphatic carbocycles. The molecule has 6 rings (SSSR count). The Labute approximate surface area is 205 Å². The van der Waals surface area contributed by atoms with Gasteiger partial charge >= 0.3 is 0 Å². The van der Waals surface area contributed by atoms with Crippen LogP contribution in [0.4, 0.5) is 4.39 Å². The molecule has 7 heteroatoms. The van der Waals surface area contributed by atoms with Crippen LogP contribution in [0.25, 0.3) is 11.0 Å². The Hall–Kier alpha value is -4.65. The van der Waals surface area contributed by atoms with Crippen molar-refractivity contribution in [3.63, 3.8) is 0 Å². The molecule has 1 aliphatic rings. The van der Waals surface area contributed by atoms with Gasteiger partial charge in [-0.25, -0.2) is 4.39 Å². The SMILES string of the molecule is O=C1c2oc3ccc(F)cc3c(=O)c2C(c2cccc(OCc3ccccc3)c2)N1Cc1ccco1. The minimum absolute atomic E-state index is 0.0497. The van der Waals surface area contributed by atoms with Gasteiger partial charge in [-0.3, -0.25) is 9.59 Å². The van der Waals surface area contributed by atoms with Crippen LogP contribution in [0.2, 0.25) is 0 Å². The average molecular weight is 481 g/mol. The van der Waals surface area contributed by atoms with Gasteiger partial charge in [-0.15, -0.1) is 0 Å². The van der Waals surface area contributed by atoms with E-state index in [1.54, 1.807) is 18.2 Å². The summed E-state index contributed by atoms with van der Waals surface area (Å²) in [6.45, 7) is 0.493. The van der Waals surface area contributed by atoms with Gasteiger partial charge in [-0.2, -0.15) is 0 Å². The molecule has 0 saturated carbocycles. The lowest BCUT2D eigenvalue weighted by molar-refractivity contribution is 0.0701. The molecule has 1 atom stereocenters. The van der Waals surface area contributed by atoms with Gasteiger partial charge in [-0.05, 0) is 53.6 Å². The number of halogens is 1. The predicted molar refractivity (Wildman–Crippen MR) is 130 cm³/mol. The van der Waals surface area contributed by atoms with Crippen LogP contribution in [0.15, 0.2) is 105 Å². The Bertz CT molecular complexity index is 1630. The van der Waals surface area contributed by atoms with Crippen molar-refractivity contribution >= 4 is 16.9 Å². The lowest BCUT2D eigenvalue weighted by atomic mass is 9.98. The van der Waals surface area contributed by atoms with Crippen molar-refractivity contribution in [1.82, 2.24) is 4.90 Å². The summed E-state index contributed by atoms with van der Waals surface area (Å²) in [5.41, 5.74) is 1.57. The van der Waals surface area contributed by atoms with Crippen LogP contribution in [-0.2, 0) is 13.2 Å². The molecular weight excluding hydrogens is 461 g/mol. The largest absolute Gasteiger partial charge is 0.489 e. The van der Waals surface area contributed by atoms with Gasteiger partial charge in [0.1, 0.15) is 29.5 Å². The molecule has 1 unspecified atom stereocenters. The summed E-state index contributed by atoms with van der Waals surface area (Å²) in [6, 6.07) is 23.4. The number of carbonyl (C=O) groups is 1. The Balaban J connectivity index is 1.45. The zero-order chi connectivity index (χ0) is 24.6. The number of hydrogen-bond acceptors (Lipinski definition) is 5. The second kappa shape index (κ2) is 8.85. The first-order chi connectivity index (χ1) is 17.6. The molecule has 1 aliphatic heterocycles. The molecule has 0 N–H and O–H groups in total. The minimum Gasteiger partial charge on any atom is -0.489 e. The average Bonchev–Trinajstić information content (AvgIpc) is 3.51. The summed E-state index contributed by atoms with van der Waals surface area (Å²) in [6.07, 6.45) is 1.52. The molecule has 1 amide bonds. The molecule has 0 bridgehead atoms. The van der Waals surface area contributed by atoms with Crippen LogP contribution in [0.3, 0.4) is 0 Å². The third kappa shape index (κ3) is 3.84. The monoisotopic (exact) mass is 481 g/mol. The lowest BCUT2D eigenvalue weighted by Crippen LogP contribution is -2.29. The number of benzene rings is 3. The van der Waals surface area contributed by atoms with Crippen molar-refractivity contribution in [1.29, 1.82) is 0 Å². The maximum absolute atomic E-state index is 14.0. The molecule has 0 fully saturated rings. The number of fused-ring (bicyclic) bond motifs is 2. The highest BCUT2D eigenvalue weighted by Crippen LogP contribution is 2.40. The third-order valence-corrected chi connectivity index (χ3v) is 6.26. The van der Waals surface area contributed by atoms with E-state index in [9.17, 15) is 14.0 Å². The molecule has 3 heterocycles. The predicted octanol–water partition coefficient (Wildman–Crippen LogP) is 5.85. The number of rotatable bonds is 6. The van der Waals surface area contributed by atoms with Crippen molar-refractivity contribution < 1.29 is 22.8 Å². The van der Waals surface area contributed by atoms with Crippen LogP contribution in [0.5, 0.6) is 5.75 Å². The summed E-state index contributed by atoms with van der Waals surface area (Å²) < 4.78 is 31.3. The van der Waals surface area contributed by atoms with Crippen LogP contribution >= 0.6 is 0 Å². The second-order valence-corrected chi connectivity index (χ2v) is 8.58. The summed E-state index contributed by atoms with van der Waals surface area (Å²) in [5.74, 6) is 0.100. The first kappa shape index (κ1) is 21.9. The van der Waals surface area contributed by atoms with Crippen molar-refractivity contribution in [2.45, 2.75) is 19.2 Å². The number of ether oxygens (including phenoxy) is 1. The molecule has 0 radical (unpaired) electrons. The molecule has 6 nitrogen and oxygen atoms in total. The highest BCUT2D eigenvalue weighted by Gasteiger charge is 2.43. The van der Waals surface area contributed by atoms with E-state index in [1.807, 2.05) is 48.5 Å². The summed E-state index contributed by atoms with van der Waals surface area (Å²) in [4.78, 5) is 28.6. The first-order valence-electron chi connectivity index (χ1n) is 11.4. The van der Waals surface area contributed by atoms with Gasteiger partial charge in [0.15, 0.2) is 5.43 Å². The molecule has 2 aromatic heterocycles. The van der Waals surface area contributed by atoms with Crippen LogP contribution in [0, 0.1) is 5.82 Å². The van der Waals surface area contributed by atoms with E-state index in [0.717, 1.165) is 11.6 Å². The first-order valence-corrected chi connectivity index (χ1v) is 11.4. The van der Waals surface area contributed by atoms with E-state index in [0.29, 0.717) is 23.7 Å². The van der Waals surface area contributed by atoms with E-state index in [1.165, 1.54) is 23.3 Å². The fraction of sp³-hybridized carbons (Fsp3) is 0.103. The maximum Gasteiger partial charge on any atom is 0.291 e. The minimum atomic E-state index is -0.762.